The van der Waals surface area contributed by atoms with Gasteiger partial charge in [-0.05, 0) is 30.7 Å². The van der Waals surface area contributed by atoms with Crippen molar-refractivity contribution >= 4 is 29.9 Å². The van der Waals surface area contributed by atoms with Crippen LogP contribution in [0.25, 0.3) is 0 Å². The van der Waals surface area contributed by atoms with Crippen molar-refractivity contribution in [2.75, 3.05) is 46.0 Å². The highest BCUT2D eigenvalue weighted by atomic mass is 127. The summed E-state index contributed by atoms with van der Waals surface area (Å²) in [5.41, 5.74) is 1.27. The largest absolute Gasteiger partial charge is 0.396 e. The summed E-state index contributed by atoms with van der Waals surface area (Å²) in [7, 11) is 0. The number of nitrogens with zero attached hydrogens (tertiary/aromatic N) is 2. The second-order valence-electron chi connectivity index (χ2n) is 7.55. The monoisotopic (exact) mass is 473 g/mol. The summed E-state index contributed by atoms with van der Waals surface area (Å²) in [6, 6.07) is 10.8. The second kappa shape index (κ2) is 9.90. The third kappa shape index (κ3) is 4.89. The molecule has 2 heterocycles. The lowest BCUT2D eigenvalue weighted by Gasteiger charge is -2.41. The molecular weight excluding hydrogens is 441 g/mol. The molecule has 0 aliphatic carbocycles. The minimum Gasteiger partial charge on any atom is -0.396 e. The zero-order valence-corrected chi connectivity index (χ0v) is 18.2. The molecule has 2 aliphatic heterocycles. The minimum absolute atomic E-state index is 0. The first-order chi connectivity index (χ1) is 12.2. The van der Waals surface area contributed by atoms with Crippen molar-refractivity contribution in [2.45, 2.75) is 26.2 Å². The summed E-state index contributed by atoms with van der Waals surface area (Å²) >= 11 is 0. The van der Waals surface area contributed by atoms with Gasteiger partial charge in [-0.1, -0.05) is 37.3 Å². The zero-order valence-electron chi connectivity index (χ0n) is 15.9. The Morgan fingerprint density at radius 1 is 1.35 bits per heavy atom. The molecule has 1 aromatic rings. The van der Waals surface area contributed by atoms with Crippen LogP contribution < -0.4 is 5.32 Å². The van der Waals surface area contributed by atoms with Gasteiger partial charge in [-0.3, -0.25) is 4.99 Å². The molecule has 2 N–H and O–H groups in total. The molecule has 2 atom stereocenters. The Hall–Kier alpha value is -0.860. The van der Waals surface area contributed by atoms with E-state index in [0.29, 0.717) is 31.6 Å². The summed E-state index contributed by atoms with van der Waals surface area (Å²) < 4.78 is 5.28. The van der Waals surface area contributed by atoms with E-state index >= 15 is 0 Å². The molecule has 0 radical (unpaired) electrons. The van der Waals surface area contributed by atoms with Gasteiger partial charge < -0.3 is 20.1 Å². The average molecular weight is 473 g/mol. The van der Waals surface area contributed by atoms with Crippen molar-refractivity contribution in [1.82, 2.24) is 10.2 Å². The van der Waals surface area contributed by atoms with Crippen LogP contribution in [0.2, 0.25) is 0 Å². The number of halogens is 1. The fourth-order valence-electron chi connectivity index (χ4n) is 3.83. The molecule has 0 bridgehead atoms. The van der Waals surface area contributed by atoms with Crippen molar-refractivity contribution in [1.29, 1.82) is 0 Å². The Morgan fingerprint density at radius 3 is 2.62 bits per heavy atom. The number of nitrogens with one attached hydrogen (secondary N) is 1. The molecule has 2 saturated heterocycles. The van der Waals surface area contributed by atoms with Crippen molar-refractivity contribution in [2.24, 2.45) is 16.3 Å². The fraction of sp³-hybridized carbons (Fsp3) is 0.650. The first kappa shape index (κ1) is 21.4. The molecule has 2 fully saturated rings. The number of aliphatic hydroxyl groups excluding tert-OH is 1. The second-order valence-corrected chi connectivity index (χ2v) is 7.55. The molecule has 26 heavy (non-hydrogen) atoms. The van der Waals surface area contributed by atoms with E-state index in [-0.39, 0.29) is 36.0 Å². The number of aliphatic imine (C=N–C) groups is 1. The Morgan fingerprint density at radius 2 is 2.08 bits per heavy atom. The number of benzene rings is 1. The predicted octanol–water partition coefficient (Wildman–Crippen LogP) is 2.70. The summed E-state index contributed by atoms with van der Waals surface area (Å²) in [4.78, 5) is 7.20. The normalized spacial score (nSPS) is 25.2. The van der Waals surface area contributed by atoms with E-state index in [1.54, 1.807) is 0 Å². The Bertz CT molecular complexity index is 572. The maximum Gasteiger partial charge on any atom is 0.193 e. The van der Waals surface area contributed by atoms with Gasteiger partial charge in [-0.15, -0.1) is 24.0 Å². The van der Waals surface area contributed by atoms with E-state index in [4.69, 9.17) is 9.73 Å². The standard InChI is InChI=1S/C20H31N3O2.HI/c1-3-21-19(22-12-20(13-24)14-25-15-20)23-10-9-18(16(2)11-23)17-7-5-4-6-8-17;/h4-8,16,18,24H,3,9-15H2,1-2H3,(H,21,22);1H. The lowest BCUT2D eigenvalue weighted by Crippen LogP contribution is -2.51. The van der Waals surface area contributed by atoms with Gasteiger partial charge in [0.2, 0.25) is 0 Å². The molecule has 0 saturated carbocycles. The summed E-state index contributed by atoms with van der Waals surface area (Å²) in [6.45, 7) is 9.30. The fourth-order valence-corrected chi connectivity index (χ4v) is 3.83. The van der Waals surface area contributed by atoms with E-state index in [1.807, 2.05) is 0 Å². The predicted molar refractivity (Wildman–Crippen MR) is 116 cm³/mol. The van der Waals surface area contributed by atoms with Crippen LogP contribution in [0.3, 0.4) is 0 Å². The van der Waals surface area contributed by atoms with Crippen LogP contribution in [0.15, 0.2) is 35.3 Å². The third-order valence-electron chi connectivity index (χ3n) is 5.48. The molecule has 2 aliphatic rings. The first-order valence-electron chi connectivity index (χ1n) is 9.44. The highest BCUT2D eigenvalue weighted by Crippen LogP contribution is 2.33. The molecular formula is C20H32IN3O2. The van der Waals surface area contributed by atoms with Crippen LogP contribution >= 0.6 is 24.0 Å². The molecule has 3 rings (SSSR count). The number of rotatable bonds is 5. The molecule has 1 aromatic carbocycles. The molecule has 0 amide bonds. The van der Waals surface area contributed by atoms with Gasteiger partial charge in [-0.2, -0.15) is 0 Å². The smallest absolute Gasteiger partial charge is 0.193 e. The quantitative estimate of drug-likeness (QED) is 0.393. The Balaban J connectivity index is 0.00000243. The number of aliphatic hydroxyl groups is 1. The molecule has 2 unspecified atom stereocenters. The number of hydrogen-bond donors (Lipinski definition) is 2. The first-order valence-corrected chi connectivity index (χ1v) is 9.44. The number of ether oxygens (including phenoxy) is 1. The number of hydrogen-bond acceptors (Lipinski definition) is 3. The summed E-state index contributed by atoms with van der Waals surface area (Å²) in [6.07, 6.45) is 1.14. The number of piperidine rings is 1. The van der Waals surface area contributed by atoms with Crippen LogP contribution in [0.1, 0.15) is 31.7 Å². The molecule has 0 aromatic heterocycles. The van der Waals surface area contributed by atoms with E-state index in [2.05, 4.69) is 54.4 Å². The van der Waals surface area contributed by atoms with Crippen LogP contribution in [-0.2, 0) is 4.74 Å². The summed E-state index contributed by atoms with van der Waals surface area (Å²) in [5.74, 6) is 2.17. The van der Waals surface area contributed by atoms with E-state index < -0.39 is 0 Å². The van der Waals surface area contributed by atoms with Gasteiger partial charge in [-0.25, -0.2) is 0 Å². The van der Waals surface area contributed by atoms with Crippen molar-refractivity contribution in [3.63, 3.8) is 0 Å². The average Bonchev–Trinajstić information content (AvgIpc) is 2.61. The van der Waals surface area contributed by atoms with E-state index in [9.17, 15) is 5.11 Å². The molecule has 6 heteroatoms. The summed E-state index contributed by atoms with van der Waals surface area (Å²) in [5, 5.41) is 13.0. The Labute approximate surface area is 174 Å². The van der Waals surface area contributed by atoms with E-state index in [0.717, 1.165) is 32.0 Å². The zero-order chi connectivity index (χ0) is 17.7. The van der Waals surface area contributed by atoms with Crippen LogP contribution in [0, 0.1) is 11.3 Å². The maximum absolute atomic E-state index is 9.61. The van der Waals surface area contributed by atoms with Crippen molar-refractivity contribution in [3.05, 3.63) is 35.9 Å². The molecule has 0 spiro atoms. The molecule has 5 nitrogen and oxygen atoms in total. The Kier molecular flexibility index (Phi) is 8.16. The van der Waals surface area contributed by atoms with Crippen molar-refractivity contribution < 1.29 is 9.84 Å². The topological polar surface area (TPSA) is 57.1 Å². The minimum atomic E-state index is -0.172. The highest BCUT2D eigenvalue weighted by Gasteiger charge is 2.38. The number of likely N-dealkylation sites (tertiary alicyclic amines) is 1. The van der Waals surface area contributed by atoms with Gasteiger partial charge in [0.05, 0.1) is 31.8 Å². The van der Waals surface area contributed by atoms with Gasteiger partial charge in [0, 0.05) is 19.6 Å². The lowest BCUT2D eigenvalue weighted by molar-refractivity contribution is -0.130. The SMILES string of the molecule is CCNC(=NCC1(CO)COC1)N1CCC(c2ccccc2)C(C)C1.I. The van der Waals surface area contributed by atoms with Gasteiger partial charge in [0.1, 0.15) is 0 Å². The maximum atomic E-state index is 9.61. The highest BCUT2D eigenvalue weighted by molar-refractivity contribution is 14.0. The van der Waals surface area contributed by atoms with Crippen molar-refractivity contribution in [3.8, 4) is 0 Å². The van der Waals surface area contributed by atoms with Crippen LogP contribution in [0.5, 0.6) is 0 Å². The van der Waals surface area contributed by atoms with Gasteiger partial charge >= 0.3 is 0 Å². The lowest BCUT2D eigenvalue weighted by atomic mass is 9.81. The van der Waals surface area contributed by atoms with Crippen LogP contribution in [0.4, 0.5) is 0 Å². The third-order valence-corrected chi connectivity index (χ3v) is 5.48. The number of guanidine groups is 1. The van der Waals surface area contributed by atoms with E-state index in [1.165, 1.54) is 5.56 Å². The molecule has 146 valence electrons. The van der Waals surface area contributed by atoms with Gasteiger partial charge in [0.25, 0.3) is 0 Å². The van der Waals surface area contributed by atoms with Gasteiger partial charge in [0.15, 0.2) is 5.96 Å². The van der Waals surface area contributed by atoms with Crippen LogP contribution in [-0.4, -0.2) is 62.0 Å².